The van der Waals surface area contributed by atoms with Crippen LogP contribution in [0.25, 0.3) is 0 Å². The number of hydrogen-bond acceptors (Lipinski definition) is 5. The number of carboxylic acid groups (broad SMARTS) is 2. The first-order valence-corrected chi connectivity index (χ1v) is 7.24. The maximum atomic E-state index is 10.1. The standard InChI is InChI=1S/C8H10N2O2.C2H5O5P/c11-8(12)4-1-3-7-9-5-2-6-10-7;3-2(4)1-8(5,6)7/h2,5-6H,1,3-4H2,(H,11,12);1H2,(H,3,4)(H2,5,6,7). The number of hydrogen-bond donors (Lipinski definition) is 4. The van der Waals surface area contributed by atoms with Crippen molar-refractivity contribution in [1.29, 1.82) is 0 Å². The van der Waals surface area contributed by atoms with Crippen LogP contribution in [-0.4, -0.2) is 48.1 Å². The first-order valence-electron chi connectivity index (χ1n) is 5.45. The highest BCUT2D eigenvalue weighted by molar-refractivity contribution is 7.52. The van der Waals surface area contributed by atoms with Crippen LogP contribution in [0.5, 0.6) is 0 Å². The fourth-order valence-corrected chi connectivity index (χ4v) is 1.39. The average molecular weight is 306 g/mol. The Morgan fingerprint density at radius 3 is 2.00 bits per heavy atom. The van der Waals surface area contributed by atoms with Crippen molar-refractivity contribution in [2.45, 2.75) is 19.3 Å². The van der Waals surface area contributed by atoms with E-state index in [-0.39, 0.29) is 6.42 Å². The third-order valence-electron chi connectivity index (χ3n) is 1.75. The lowest BCUT2D eigenvalue weighted by atomic mass is 10.2. The van der Waals surface area contributed by atoms with Crippen LogP contribution < -0.4 is 0 Å². The molecule has 9 nitrogen and oxygen atoms in total. The second-order valence-electron chi connectivity index (χ2n) is 3.63. The Hall–Kier alpha value is -1.83. The topological polar surface area (TPSA) is 158 Å². The summed E-state index contributed by atoms with van der Waals surface area (Å²) in [6.07, 6.45) is 3.63. The van der Waals surface area contributed by atoms with Crippen molar-refractivity contribution in [3.63, 3.8) is 0 Å². The number of rotatable bonds is 6. The molecule has 20 heavy (non-hydrogen) atoms. The van der Waals surface area contributed by atoms with Gasteiger partial charge in [-0.3, -0.25) is 14.2 Å². The molecular weight excluding hydrogens is 291 g/mol. The normalized spacial score (nSPS) is 10.3. The summed E-state index contributed by atoms with van der Waals surface area (Å²) < 4.78 is 9.76. The van der Waals surface area contributed by atoms with Gasteiger partial charge in [0.15, 0.2) is 0 Å². The van der Waals surface area contributed by atoms with Gasteiger partial charge in [0.05, 0.1) is 0 Å². The summed E-state index contributed by atoms with van der Waals surface area (Å²) in [6, 6.07) is 1.74. The van der Waals surface area contributed by atoms with E-state index >= 15 is 0 Å². The smallest absolute Gasteiger partial charge is 0.336 e. The molecule has 1 aromatic heterocycles. The van der Waals surface area contributed by atoms with Crippen LogP contribution in [0.4, 0.5) is 0 Å². The summed E-state index contributed by atoms with van der Waals surface area (Å²) in [7, 11) is -4.32. The fourth-order valence-electron chi connectivity index (χ4n) is 1.03. The van der Waals surface area contributed by atoms with E-state index in [0.717, 1.165) is 0 Å². The first-order chi connectivity index (χ1) is 9.20. The number of aryl methyl sites for hydroxylation is 1. The summed E-state index contributed by atoms with van der Waals surface area (Å²) in [5.74, 6) is -1.55. The van der Waals surface area contributed by atoms with Gasteiger partial charge in [-0.25, -0.2) is 9.97 Å². The maximum absolute atomic E-state index is 10.1. The van der Waals surface area contributed by atoms with Crippen molar-refractivity contribution in [2.24, 2.45) is 0 Å². The Morgan fingerprint density at radius 1 is 1.10 bits per heavy atom. The molecular formula is C10H15N2O7P. The second kappa shape index (κ2) is 9.13. The Kier molecular flexibility index (Phi) is 8.30. The Balaban J connectivity index is 0.000000396. The number of carboxylic acids is 2. The van der Waals surface area contributed by atoms with E-state index in [4.69, 9.17) is 20.0 Å². The predicted octanol–water partition coefficient (Wildman–Crippen LogP) is 0.133. The van der Waals surface area contributed by atoms with E-state index in [1.54, 1.807) is 18.5 Å². The molecule has 1 heterocycles. The molecule has 1 rings (SSSR count). The predicted molar refractivity (Wildman–Crippen MR) is 67.2 cm³/mol. The third-order valence-corrected chi connectivity index (χ3v) is 2.43. The Labute approximate surface area is 114 Å². The highest BCUT2D eigenvalue weighted by atomic mass is 31.2. The van der Waals surface area contributed by atoms with Crippen molar-refractivity contribution in [1.82, 2.24) is 9.97 Å². The SMILES string of the molecule is O=C(O)CCCc1ncccn1.O=C(O)CP(=O)(O)O. The summed E-state index contributed by atoms with van der Waals surface area (Å²) in [6.45, 7) is 0. The molecule has 0 unspecified atom stereocenters. The summed E-state index contributed by atoms with van der Waals surface area (Å²) >= 11 is 0. The summed E-state index contributed by atoms with van der Waals surface area (Å²) in [5, 5.41) is 16.1. The van der Waals surface area contributed by atoms with Gasteiger partial charge >= 0.3 is 19.5 Å². The quantitative estimate of drug-likeness (QED) is 0.536. The molecule has 1 aromatic rings. The number of nitrogens with zero attached hydrogens (tertiary/aromatic N) is 2. The molecule has 0 radical (unpaired) electrons. The van der Waals surface area contributed by atoms with E-state index in [1.807, 2.05) is 0 Å². The summed E-state index contributed by atoms with van der Waals surface area (Å²) in [4.78, 5) is 43.5. The average Bonchev–Trinajstić information content (AvgIpc) is 2.27. The van der Waals surface area contributed by atoms with E-state index in [9.17, 15) is 14.2 Å². The molecule has 0 aliphatic rings. The van der Waals surface area contributed by atoms with Gasteiger partial charge in [-0.15, -0.1) is 0 Å². The molecule has 0 aromatic carbocycles. The molecule has 0 saturated carbocycles. The van der Waals surface area contributed by atoms with Gasteiger partial charge in [0, 0.05) is 25.2 Å². The number of aliphatic carboxylic acids is 2. The number of aromatic nitrogens is 2. The third kappa shape index (κ3) is 12.6. The van der Waals surface area contributed by atoms with E-state index in [2.05, 4.69) is 9.97 Å². The molecule has 0 bridgehead atoms. The van der Waals surface area contributed by atoms with Crippen molar-refractivity contribution in [3.8, 4) is 0 Å². The van der Waals surface area contributed by atoms with Crippen LogP contribution in [0.2, 0.25) is 0 Å². The van der Waals surface area contributed by atoms with E-state index < -0.39 is 25.7 Å². The molecule has 0 amide bonds. The van der Waals surface area contributed by atoms with Gasteiger partial charge in [-0.2, -0.15) is 0 Å². The zero-order valence-corrected chi connectivity index (χ0v) is 11.3. The fraction of sp³-hybridized carbons (Fsp3) is 0.400. The molecule has 0 aliphatic carbocycles. The van der Waals surface area contributed by atoms with E-state index in [0.29, 0.717) is 18.7 Å². The molecule has 0 spiro atoms. The molecule has 4 N–H and O–H groups in total. The lowest BCUT2D eigenvalue weighted by Crippen LogP contribution is -2.01. The van der Waals surface area contributed by atoms with Crippen LogP contribution in [0, 0.1) is 0 Å². The van der Waals surface area contributed by atoms with Crippen LogP contribution in [0.1, 0.15) is 18.7 Å². The lowest BCUT2D eigenvalue weighted by Gasteiger charge is -1.95. The molecule has 0 fully saturated rings. The zero-order chi connectivity index (χ0) is 15.6. The van der Waals surface area contributed by atoms with Gasteiger partial charge in [-0.1, -0.05) is 0 Å². The zero-order valence-electron chi connectivity index (χ0n) is 10.4. The van der Waals surface area contributed by atoms with Crippen LogP contribution in [0.15, 0.2) is 18.5 Å². The van der Waals surface area contributed by atoms with Crippen molar-refractivity contribution in [3.05, 3.63) is 24.3 Å². The van der Waals surface area contributed by atoms with Gasteiger partial charge < -0.3 is 20.0 Å². The van der Waals surface area contributed by atoms with Gasteiger partial charge in [0.1, 0.15) is 12.0 Å². The van der Waals surface area contributed by atoms with Crippen molar-refractivity contribution in [2.75, 3.05) is 6.16 Å². The maximum Gasteiger partial charge on any atom is 0.336 e. The minimum atomic E-state index is -4.32. The molecule has 10 heteroatoms. The minimum absolute atomic E-state index is 0.179. The molecule has 0 aliphatic heterocycles. The largest absolute Gasteiger partial charge is 0.481 e. The Bertz CT molecular complexity index is 474. The van der Waals surface area contributed by atoms with Gasteiger partial charge in [-0.05, 0) is 12.5 Å². The minimum Gasteiger partial charge on any atom is -0.481 e. The monoisotopic (exact) mass is 306 g/mol. The molecule has 0 saturated heterocycles. The molecule has 112 valence electrons. The number of carbonyl (C=O) groups is 2. The summed E-state index contributed by atoms with van der Waals surface area (Å²) in [5.41, 5.74) is 0. The second-order valence-corrected chi connectivity index (χ2v) is 5.27. The highest BCUT2D eigenvalue weighted by Crippen LogP contribution is 2.33. The van der Waals surface area contributed by atoms with Gasteiger partial charge in [0.25, 0.3) is 0 Å². The van der Waals surface area contributed by atoms with Crippen LogP contribution in [0.3, 0.4) is 0 Å². The van der Waals surface area contributed by atoms with Crippen molar-refractivity contribution < 1.29 is 34.2 Å². The highest BCUT2D eigenvalue weighted by Gasteiger charge is 2.17. The first kappa shape index (κ1) is 18.2. The van der Waals surface area contributed by atoms with E-state index in [1.165, 1.54) is 0 Å². The molecule has 0 atom stereocenters. The van der Waals surface area contributed by atoms with Gasteiger partial charge in [0.2, 0.25) is 0 Å². The Morgan fingerprint density at radius 2 is 1.65 bits per heavy atom. The van der Waals surface area contributed by atoms with Crippen LogP contribution >= 0.6 is 7.60 Å². The van der Waals surface area contributed by atoms with Crippen molar-refractivity contribution >= 4 is 19.5 Å². The lowest BCUT2D eigenvalue weighted by molar-refractivity contribution is -0.137. The van der Waals surface area contributed by atoms with Crippen LogP contribution in [-0.2, 0) is 20.6 Å².